The molecule has 0 saturated carbocycles. The molecule has 0 aliphatic carbocycles. The van der Waals surface area contributed by atoms with Gasteiger partial charge in [-0.25, -0.2) is 0 Å². The Labute approximate surface area is 186 Å². The lowest BCUT2D eigenvalue weighted by molar-refractivity contribution is -0.135. The molecule has 1 fully saturated rings. The van der Waals surface area contributed by atoms with Crippen molar-refractivity contribution in [3.05, 3.63) is 61.5 Å². The summed E-state index contributed by atoms with van der Waals surface area (Å²) in [5, 5.41) is 0.611. The van der Waals surface area contributed by atoms with E-state index in [1.54, 1.807) is 12.1 Å². The van der Waals surface area contributed by atoms with Crippen molar-refractivity contribution in [3.63, 3.8) is 0 Å². The number of nitrogens with zero attached hydrogens (tertiary/aromatic N) is 2. The number of piperidine rings is 1. The van der Waals surface area contributed by atoms with Crippen molar-refractivity contribution in [2.45, 2.75) is 59.1 Å². The first-order valence-corrected chi connectivity index (χ1v) is 11.0. The lowest BCUT2D eigenvalue weighted by atomic mass is 9.81. The number of carbonyl (C=O) groups excluding carboxylic acids is 2. The van der Waals surface area contributed by atoms with E-state index in [4.69, 9.17) is 16.3 Å². The fourth-order valence-corrected chi connectivity index (χ4v) is 4.96. The fraction of sp³-hybridized carbons (Fsp3) is 0.458. The van der Waals surface area contributed by atoms with Crippen molar-refractivity contribution in [2.24, 2.45) is 0 Å². The van der Waals surface area contributed by atoms with Crippen LogP contribution in [0.3, 0.4) is 0 Å². The molecule has 0 unspecified atom stereocenters. The molecule has 1 amide bonds. The van der Waals surface area contributed by atoms with Gasteiger partial charge < -0.3 is 14.2 Å². The van der Waals surface area contributed by atoms with E-state index in [0.717, 1.165) is 22.5 Å². The number of ketones is 1. The van der Waals surface area contributed by atoms with Gasteiger partial charge in [0.1, 0.15) is 17.9 Å². The molecule has 1 saturated heterocycles. The predicted octanol–water partition coefficient (Wildman–Crippen LogP) is 3.76. The largest absolute Gasteiger partial charge is 0.486 e. The van der Waals surface area contributed by atoms with Gasteiger partial charge in [-0.1, -0.05) is 11.6 Å². The molecule has 0 bridgehead atoms. The number of amides is 1. The van der Waals surface area contributed by atoms with E-state index < -0.39 is 5.60 Å². The van der Waals surface area contributed by atoms with Crippen LogP contribution in [0.1, 0.15) is 52.1 Å². The highest BCUT2D eigenvalue weighted by Crippen LogP contribution is 2.43. The van der Waals surface area contributed by atoms with Crippen LogP contribution in [0, 0.1) is 27.7 Å². The Morgan fingerprint density at radius 2 is 1.68 bits per heavy atom. The Morgan fingerprint density at radius 1 is 1.06 bits per heavy atom. The second-order valence-electron chi connectivity index (χ2n) is 8.83. The van der Waals surface area contributed by atoms with E-state index in [9.17, 15) is 14.4 Å². The van der Waals surface area contributed by atoms with Crippen molar-refractivity contribution >= 4 is 23.3 Å². The third kappa shape index (κ3) is 3.89. The number of hydrogen-bond donors (Lipinski definition) is 0. The molecule has 2 aliphatic heterocycles. The summed E-state index contributed by atoms with van der Waals surface area (Å²) < 4.78 is 8.25. The molecule has 0 atom stereocenters. The monoisotopic (exact) mass is 442 g/mol. The van der Waals surface area contributed by atoms with E-state index in [1.165, 1.54) is 0 Å². The zero-order chi connectivity index (χ0) is 22.5. The molecule has 164 valence electrons. The van der Waals surface area contributed by atoms with Gasteiger partial charge in [0, 0.05) is 54.5 Å². The van der Waals surface area contributed by atoms with E-state index >= 15 is 0 Å². The van der Waals surface area contributed by atoms with Crippen molar-refractivity contribution in [2.75, 3.05) is 13.1 Å². The van der Waals surface area contributed by atoms with Crippen LogP contribution < -0.4 is 10.2 Å². The zero-order valence-electron chi connectivity index (χ0n) is 18.4. The number of Topliss-reactive ketones (excluding diaryl/α,β-unsaturated/α-hetero) is 1. The first kappa shape index (κ1) is 21.6. The summed E-state index contributed by atoms with van der Waals surface area (Å²) in [5.41, 5.74) is 3.17. The Balaban J connectivity index is 1.48. The van der Waals surface area contributed by atoms with E-state index in [-0.39, 0.29) is 23.7 Å². The van der Waals surface area contributed by atoms with Gasteiger partial charge >= 0.3 is 0 Å². The van der Waals surface area contributed by atoms with Crippen molar-refractivity contribution in [1.29, 1.82) is 0 Å². The van der Waals surface area contributed by atoms with Crippen molar-refractivity contribution in [1.82, 2.24) is 9.47 Å². The summed E-state index contributed by atoms with van der Waals surface area (Å²) in [6, 6.07) is 4.93. The minimum atomic E-state index is -0.573. The van der Waals surface area contributed by atoms with Crippen LogP contribution in [0.2, 0.25) is 5.02 Å². The highest BCUT2D eigenvalue weighted by atomic mass is 35.5. The standard InChI is InChI=1S/C24H27ClN2O4/c1-14-9-20-22(17(4)23(14)25)19(29)12-24(31-20)5-7-26(8-6-24)21(30)13-27-15(2)10-18(28)11-16(27)3/h9-11H,5-8,12-13H2,1-4H3. The van der Waals surface area contributed by atoms with Crippen LogP contribution in [-0.2, 0) is 11.3 Å². The second kappa shape index (κ2) is 7.83. The number of likely N-dealkylation sites (tertiary alicyclic amines) is 1. The molecule has 0 radical (unpaired) electrons. The predicted molar refractivity (Wildman–Crippen MR) is 119 cm³/mol. The van der Waals surface area contributed by atoms with Gasteiger partial charge in [0.05, 0.1) is 12.0 Å². The maximum atomic E-state index is 13.0. The Bertz CT molecular complexity index is 1120. The summed E-state index contributed by atoms with van der Waals surface area (Å²) in [6.07, 6.45) is 1.51. The minimum absolute atomic E-state index is 0.00528. The van der Waals surface area contributed by atoms with Crippen LogP contribution >= 0.6 is 11.6 Å². The summed E-state index contributed by atoms with van der Waals surface area (Å²) >= 11 is 6.34. The number of benzene rings is 1. The minimum Gasteiger partial charge on any atom is -0.486 e. The molecule has 2 aromatic rings. The third-order valence-corrected chi connectivity index (χ3v) is 7.19. The van der Waals surface area contributed by atoms with Gasteiger partial charge in [-0.15, -0.1) is 0 Å². The maximum absolute atomic E-state index is 13.0. The molecule has 0 N–H and O–H groups in total. The van der Waals surface area contributed by atoms with Gasteiger partial charge in [-0.2, -0.15) is 0 Å². The van der Waals surface area contributed by atoms with Gasteiger partial charge in [0.15, 0.2) is 11.2 Å². The van der Waals surface area contributed by atoms with Gasteiger partial charge in [-0.3, -0.25) is 14.4 Å². The Morgan fingerprint density at radius 3 is 2.29 bits per heavy atom. The number of fused-ring (bicyclic) bond motifs is 1. The molecule has 3 heterocycles. The second-order valence-corrected chi connectivity index (χ2v) is 9.21. The molecule has 1 aromatic carbocycles. The molecule has 1 spiro atoms. The van der Waals surface area contributed by atoms with E-state index in [0.29, 0.717) is 48.7 Å². The number of rotatable bonds is 2. The van der Waals surface area contributed by atoms with Gasteiger partial charge in [-0.05, 0) is 44.9 Å². The van der Waals surface area contributed by atoms with Crippen LogP contribution in [0.4, 0.5) is 0 Å². The number of carbonyl (C=O) groups is 2. The number of hydrogen-bond acceptors (Lipinski definition) is 4. The smallest absolute Gasteiger partial charge is 0.242 e. The Hall–Kier alpha value is -2.60. The number of aromatic nitrogens is 1. The molecular formula is C24H27ClN2O4. The third-order valence-electron chi connectivity index (χ3n) is 6.61. The van der Waals surface area contributed by atoms with E-state index in [1.807, 2.05) is 43.2 Å². The molecule has 1 aromatic heterocycles. The van der Waals surface area contributed by atoms with Gasteiger partial charge in [0.2, 0.25) is 5.91 Å². The molecular weight excluding hydrogens is 416 g/mol. The quantitative estimate of drug-likeness (QED) is 0.710. The van der Waals surface area contributed by atoms with Crippen LogP contribution in [0.25, 0.3) is 0 Å². The van der Waals surface area contributed by atoms with Crippen molar-refractivity contribution in [3.8, 4) is 5.75 Å². The number of pyridine rings is 1. The van der Waals surface area contributed by atoms with Crippen LogP contribution in [0.15, 0.2) is 23.0 Å². The molecule has 31 heavy (non-hydrogen) atoms. The van der Waals surface area contributed by atoms with E-state index in [2.05, 4.69) is 0 Å². The summed E-state index contributed by atoms with van der Waals surface area (Å²) in [4.78, 5) is 39.3. The average molecular weight is 443 g/mol. The molecule has 4 rings (SSSR count). The summed E-state index contributed by atoms with van der Waals surface area (Å²) in [5.74, 6) is 0.667. The normalized spacial score (nSPS) is 17.5. The first-order valence-electron chi connectivity index (χ1n) is 10.6. The lowest BCUT2D eigenvalue weighted by Gasteiger charge is -2.44. The van der Waals surface area contributed by atoms with Crippen LogP contribution in [0.5, 0.6) is 5.75 Å². The SMILES string of the molecule is Cc1cc2c(c(C)c1Cl)C(=O)CC1(CCN(C(=O)Cn3c(C)cc(=O)cc3C)CC1)O2. The zero-order valence-corrected chi connectivity index (χ0v) is 19.1. The summed E-state index contributed by atoms with van der Waals surface area (Å²) in [6.45, 7) is 8.70. The highest BCUT2D eigenvalue weighted by Gasteiger charge is 2.44. The molecule has 2 aliphatic rings. The number of ether oxygens (including phenoxy) is 1. The maximum Gasteiger partial charge on any atom is 0.242 e. The average Bonchev–Trinajstić information content (AvgIpc) is 2.69. The Kier molecular flexibility index (Phi) is 5.46. The van der Waals surface area contributed by atoms with Gasteiger partial charge in [0.25, 0.3) is 0 Å². The highest BCUT2D eigenvalue weighted by molar-refractivity contribution is 6.32. The lowest BCUT2D eigenvalue weighted by Crippen LogP contribution is -2.53. The summed E-state index contributed by atoms with van der Waals surface area (Å²) in [7, 11) is 0. The fourth-order valence-electron chi connectivity index (χ4n) is 4.81. The molecule has 6 nitrogen and oxygen atoms in total. The molecule has 7 heteroatoms. The number of halogens is 1. The number of aryl methyl sites for hydroxylation is 3. The topological polar surface area (TPSA) is 68.6 Å². The first-order chi connectivity index (χ1) is 14.6. The van der Waals surface area contributed by atoms with Crippen molar-refractivity contribution < 1.29 is 14.3 Å². The van der Waals surface area contributed by atoms with Crippen LogP contribution in [-0.4, -0.2) is 39.8 Å².